The molecule has 47 heavy (non-hydrogen) atoms. The number of alkyl carbamates (subject to hydrolysis) is 1. The van der Waals surface area contributed by atoms with Gasteiger partial charge >= 0.3 is 6.09 Å². The normalized spacial score (nSPS) is 12.5. The monoisotopic (exact) mass is 634 g/mol. The highest BCUT2D eigenvalue weighted by Gasteiger charge is 2.32. The smallest absolute Gasteiger partial charge is 0.408 e. The van der Waals surface area contributed by atoms with E-state index in [1.165, 1.54) is 0 Å². The summed E-state index contributed by atoms with van der Waals surface area (Å²) >= 11 is 0. The molecule has 0 saturated heterocycles. The van der Waals surface area contributed by atoms with Crippen molar-refractivity contribution in [2.75, 3.05) is 0 Å². The molecule has 0 spiro atoms. The van der Waals surface area contributed by atoms with Crippen LogP contribution >= 0.6 is 0 Å². The van der Waals surface area contributed by atoms with Crippen LogP contribution in [0.2, 0.25) is 0 Å². The number of carbonyl (C=O) groups excluding carboxylic acids is 5. The van der Waals surface area contributed by atoms with E-state index in [4.69, 9.17) is 10.5 Å². The second-order valence-electron chi connectivity index (χ2n) is 11.0. The van der Waals surface area contributed by atoms with Gasteiger partial charge in [0.2, 0.25) is 17.6 Å². The highest BCUT2D eigenvalue weighted by Crippen LogP contribution is 2.10. The van der Waals surface area contributed by atoms with Crippen LogP contribution in [0.4, 0.5) is 4.79 Å². The van der Waals surface area contributed by atoms with Crippen molar-refractivity contribution in [2.45, 2.75) is 50.4 Å². The van der Waals surface area contributed by atoms with E-state index in [0.717, 1.165) is 22.3 Å². The van der Waals surface area contributed by atoms with Crippen LogP contribution < -0.4 is 21.7 Å². The summed E-state index contributed by atoms with van der Waals surface area (Å²) in [6.45, 7) is -0.00524. The van der Waals surface area contributed by atoms with Crippen molar-refractivity contribution in [3.05, 3.63) is 144 Å². The molecule has 4 rings (SSSR count). The van der Waals surface area contributed by atoms with Gasteiger partial charge in [-0.25, -0.2) is 4.79 Å². The number of rotatable bonds is 16. The van der Waals surface area contributed by atoms with Gasteiger partial charge in [0.1, 0.15) is 18.7 Å². The zero-order valence-corrected chi connectivity index (χ0v) is 25.8. The van der Waals surface area contributed by atoms with E-state index < -0.39 is 47.7 Å². The Morgan fingerprint density at radius 3 is 1.53 bits per heavy atom. The zero-order chi connectivity index (χ0) is 33.4. The van der Waals surface area contributed by atoms with Crippen LogP contribution in [0.25, 0.3) is 0 Å². The Bertz CT molecular complexity index is 1620. The van der Waals surface area contributed by atoms with Gasteiger partial charge in [-0.3, -0.25) is 19.2 Å². The highest BCUT2D eigenvalue weighted by molar-refractivity contribution is 6.38. The summed E-state index contributed by atoms with van der Waals surface area (Å²) in [4.78, 5) is 65.6. The molecule has 10 heteroatoms. The second-order valence-corrected chi connectivity index (χ2v) is 11.0. The summed E-state index contributed by atoms with van der Waals surface area (Å²) in [6, 6.07) is 32.8. The number of hydrogen-bond acceptors (Lipinski definition) is 6. The Labute approximate surface area is 273 Å². The maximum atomic E-state index is 13.7. The maximum absolute atomic E-state index is 13.7. The number of primary amides is 1. The fourth-order valence-corrected chi connectivity index (χ4v) is 4.92. The first-order chi connectivity index (χ1) is 22.8. The molecule has 0 heterocycles. The van der Waals surface area contributed by atoms with Crippen molar-refractivity contribution in [2.24, 2.45) is 5.73 Å². The van der Waals surface area contributed by atoms with Gasteiger partial charge in [0.05, 0.1) is 6.04 Å². The lowest BCUT2D eigenvalue weighted by atomic mass is 9.99. The van der Waals surface area contributed by atoms with E-state index in [2.05, 4.69) is 16.0 Å². The van der Waals surface area contributed by atoms with Crippen LogP contribution in [0.5, 0.6) is 0 Å². The lowest BCUT2D eigenvalue weighted by molar-refractivity contribution is -0.141. The Balaban J connectivity index is 1.50. The SMILES string of the molecule is NC(=O)C(Cc1ccccc1)NC(=O)C(=O)C(CCc1ccccc1)NC(=O)C(Cc1ccccc1)NC(=O)OCc1ccccc1. The predicted octanol–water partition coefficient (Wildman–Crippen LogP) is 3.42. The van der Waals surface area contributed by atoms with Gasteiger partial charge < -0.3 is 26.4 Å². The van der Waals surface area contributed by atoms with Gasteiger partial charge in [-0.15, -0.1) is 0 Å². The lowest BCUT2D eigenvalue weighted by Crippen LogP contribution is -2.56. The van der Waals surface area contributed by atoms with E-state index in [1.807, 2.05) is 60.7 Å². The maximum Gasteiger partial charge on any atom is 0.408 e. The third-order valence-corrected chi connectivity index (χ3v) is 7.46. The fourth-order valence-electron chi connectivity index (χ4n) is 4.92. The largest absolute Gasteiger partial charge is 0.445 e. The van der Waals surface area contributed by atoms with Crippen LogP contribution in [0.3, 0.4) is 0 Å². The van der Waals surface area contributed by atoms with Crippen LogP contribution in [0.1, 0.15) is 28.7 Å². The van der Waals surface area contributed by atoms with Gasteiger partial charge in [-0.1, -0.05) is 121 Å². The second kappa shape index (κ2) is 17.6. The first-order valence-corrected chi connectivity index (χ1v) is 15.3. The van der Waals surface area contributed by atoms with Crippen LogP contribution in [-0.2, 0) is 49.8 Å². The number of amides is 4. The number of hydrogen-bond donors (Lipinski definition) is 4. The zero-order valence-electron chi connectivity index (χ0n) is 25.8. The molecular weight excluding hydrogens is 596 g/mol. The molecule has 0 aliphatic heterocycles. The first kappa shape index (κ1) is 34.1. The molecule has 4 amide bonds. The summed E-state index contributed by atoms with van der Waals surface area (Å²) in [5.74, 6) is -3.49. The molecule has 3 unspecified atom stereocenters. The van der Waals surface area contributed by atoms with Crippen molar-refractivity contribution >= 4 is 29.6 Å². The molecule has 0 aromatic heterocycles. The molecule has 0 bridgehead atoms. The van der Waals surface area contributed by atoms with E-state index >= 15 is 0 Å². The lowest BCUT2D eigenvalue weighted by Gasteiger charge is -2.23. The van der Waals surface area contributed by atoms with Gasteiger partial charge in [0.15, 0.2) is 0 Å². The Kier molecular flexibility index (Phi) is 12.8. The molecule has 3 atom stereocenters. The fraction of sp³-hybridized carbons (Fsp3) is 0.216. The average Bonchev–Trinajstić information content (AvgIpc) is 3.10. The summed E-state index contributed by atoms with van der Waals surface area (Å²) in [5.41, 5.74) is 8.72. The molecular formula is C37H38N4O6. The summed E-state index contributed by atoms with van der Waals surface area (Å²) in [5, 5.41) is 7.74. The average molecular weight is 635 g/mol. The Hall–Kier alpha value is -5.77. The number of benzene rings is 4. The van der Waals surface area contributed by atoms with Crippen LogP contribution in [0.15, 0.2) is 121 Å². The predicted molar refractivity (Wildman–Crippen MR) is 177 cm³/mol. The summed E-state index contributed by atoms with van der Waals surface area (Å²) in [7, 11) is 0. The number of carbonyl (C=O) groups is 5. The number of nitrogens with one attached hydrogen (secondary N) is 3. The molecule has 0 saturated carbocycles. The minimum absolute atomic E-state index is 0.00524. The van der Waals surface area contributed by atoms with Crippen molar-refractivity contribution < 1.29 is 28.7 Å². The topological polar surface area (TPSA) is 157 Å². The molecule has 0 radical (unpaired) electrons. The van der Waals surface area contributed by atoms with Gasteiger partial charge in [-0.2, -0.15) is 0 Å². The Morgan fingerprint density at radius 2 is 1.02 bits per heavy atom. The molecule has 0 fully saturated rings. The quantitative estimate of drug-likeness (QED) is 0.138. The van der Waals surface area contributed by atoms with E-state index in [-0.39, 0.29) is 25.9 Å². The molecule has 5 N–H and O–H groups in total. The highest BCUT2D eigenvalue weighted by atomic mass is 16.5. The summed E-state index contributed by atoms with van der Waals surface area (Å²) in [6.07, 6.45) is -0.188. The minimum Gasteiger partial charge on any atom is -0.445 e. The van der Waals surface area contributed by atoms with Crippen molar-refractivity contribution in [1.82, 2.24) is 16.0 Å². The standard InChI is InChI=1S/C37H38N4O6/c38-34(43)31(23-27-15-7-2-8-16-27)40-36(45)33(42)30(22-21-26-13-5-1-6-14-26)39-35(44)32(24-28-17-9-3-10-18-28)41-37(46)47-25-29-19-11-4-12-20-29/h1-20,30-32H,21-25H2,(H2,38,43)(H,39,44)(H,40,45)(H,41,46). The van der Waals surface area contributed by atoms with E-state index in [0.29, 0.717) is 6.42 Å². The third kappa shape index (κ3) is 11.3. The summed E-state index contributed by atoms with van der Waals surface area (Å²) < 4.78 is 5.35. The molecule has 242 valence electrons. The van der Waals surface area contributed by atoms with Crippen LogP contribution in [-0.4, -0.2) is 47.7 Å². The molecule has 0 aliphatic rings. The number of aryl methyl sites for hydroxylation is 1. The number of nitrogens with two attached hydrogens (primary N) is 1. The molecule has 10 nitrogen and oxygen atoms in total. The van der Waals surface area contributed by atoms with Crippen molar-refractivity contribution in [1.29, 1.82) is 0 Å². The van der Waals surface area contributed by atoms with Crippen molar-refractivity contribution in [3.63, 3.8) is 0 Å². The first-order valence-electron chi connectivity index (χ1n) is 15.3. The van der Waals surface area contributed by atoms with Crippen molar-refractivity contribution in [3.8, 4) is 0 Å². The van der Waals surface area contributed by atoms with Gasteiger partial charge in [0, 0.05) is 12.8 Å². The molecule has 4 aromatic carbocycles. The number of ether oxygens (including phenoxy) is 1. The third-order valence-electron chi connectivity index (χ3n) is 7.46. The molecule has 0 aliphatic carbocycles. The minimum atomic E-state index is -1.27. The van der Waals surface area contributed by atoms with Gasteiger partial charge in [0.25, 0.3) is 5.91 Å². The number of ketones is 1. The van der Waals surface area contributed by atoms with Gasteiger partial charge in [-0.05, 0) is 35.1 Å². The Morgan fingerprint density at radius 1 is 0.553 bits per heavy atom. The van der Waals surface area contributed by atoms with E-state index in [1.54, 1.807) is 60.7 Å². The molecule has 4 aromatic rings. The number of Topliss-reactive ketones (excluding diaryl/α,β-unsaturated/α-hetero) is 1. The van der Waals surface area contributed by atoms with E-state index in [9.17, 15) is 24.0 Å². The van der Waals surface area contributed by atoms with Crippen LogP contribution in [0, 0.1) is 0 Å².